The highest BCUT2D eigenvalue weighted by Crippen LogP contribution is 2.32. The maximum absolute atomic E-state index is 12.1. The number of aryl methyl sites for hydroxylation is 1. The zero-order valence-electron chi connectivity index (χ0n) is 15.0. The Labute approximate surface area is 153 Å². The summed E-state index contributed by atoms with van der Waals surface area (Å²) in [7, 11) is 0. The fourth-order valence-corrected chi connectivity index (χ4v) is 4.22. The van der Waals surface area contributed by atoms with Crippen molar-refractivity contribution < 1.29 is 4.79 Å². The molecule has 0 spiro atoms. The Balaban J connectivity index is 1.55. The number of fused-ring (bicyclic) bond motifs is 1. The number of amides is 1. The van der Waals surface area contributed by atoms with Crippen LogP contribution in [-0.2, 0) is 4.79 Å². The Morgan fingerprint density at radius 2 is 1.73 bits per heavy atom. The van der Waals surface area contributed by atoms with Crippen molar-refractivity contribution in [2.75, 3.05) is 13.1 Å². The standard InChI is InChI=1S/C21H24N4O/c1-15-23-18-9-5-6-10-19(18)25(15)17-11-13-24(14-12-17)20(21(22)26)16-7-3-2-4-8-16/h2-10,17,20H,11-14H2,1H3,(H2,22,26). The molecule has 4 rings (SSSR count). The molecule has 0 radical (unpaired) electrons. The second-order valence-corrected chi connectivity index (χ2v) is 7.00. The molecule has 1 atom stereocenters. The first kappa shape index (κ1) is 16.8. The Hall–Kier alpha value is -2.66. The van der Waals surface area contributed by atoms with E-state index in [-0.39, 0.29) is 11.9 Å². The van der Waals surface area contributed by atoms with Gasteiger partial charge >= 0.3 is 0 Å². The lowest BCUT2D eigenvalue weighted by molar-refractivity contribution is -0.124. The molecular weight excluding hydrogens is 324 g/mol. The molecule has 2 heterocycles. The molecule has 26 heavy (non-hydrogen) atoms. The van der Waals surface area contributed by atoms with Crippen LogP contribution < -0.4 is 5.73 Å². The van der Waals surface area contributed by atoms with Crippen LogP contribution in [0.1, 0.15) is 36.3 Å². The van der Waals surface area contributed by atoms with Gasteiger partial charge in [0, 0.05) is 19.1 Å². The van der Waals surface area contributed by atoms with Gasteiger partial charge in [0.2, 0.25) is 5.91 Å². The van der Waals surface area contributed by atoms with E-state index in [4.69, 9.17) is 10.7 Å². The summed E-state index contributed by atoms with van der Waals surface area (Å²) in [4.78, 5) is 19.0. The van der Waals surface area contributed by atoms with Crippen LogP contribution >= 0.6 is 0 Å². The molecule has 0 aliphatic carbocycles. The van der Waals surface area contributed by atoms with Gasteiger partial charge in [-0.15, -0.1) is 0 Å². The molecule has 134 valence electrons. The number of hydrogen-bond donors (Lipinski definition) is 1. The second-order valence-electron chi connectivity index (χ2n) is 7.00. The zero-order chi connectivity index (χ0) is 18.1. The number of piperidine rings is 1. The van der Waals surface area contributed by atoms with Gasteiger partial charge in [-0.25, -0.2) is 4.98 Å². The van der Waals surface area contributed by atoms with E-state index < -0.39 is 0 Å². The van der Waals surface area contributed by atoms with E-state index in [2.05, 4.69) is 34.6 Å². The molecule has 2 N–H and O–H groups in total. The number of likely N-dealkylation sites (tertiary alicyclic amines) is 1. The summed E-state index contributed by atoms with van der Waals surface area (Å²) in [5, 5.41) is 0. The van der Waals surface area contributed by atoms with Gasteiger partial charge in [0.1, 0.15) is 11.9 Å². The smallest absolute Gasteiger partial charge is 0.239 e. The molecule has 5 heteroatoms. The van der Waals surface area contributed by atoms with Crippen LogP contribution in [0.25, 0.3) is 11.0 Å². The number of primary amides is 1. The largest absolute Gasteiger partial charge is 0.368 e. The van der Waals surface area contributed by atoms with Gasteiger partial charge in [0.15, 0.2) is 0 Å². The number of aromatic nitrogens is 2. The topological polar surface area (TPSA) is 64.2 Å². The number of carbonyl (C=O) groups is 1. The van der Waals surface area contributed by atoms with Gasteiger partial charge in [-0.3, -0.25) is 9.69 Å². The van der Waals surface area contributed by atoms with Crippen LogP contribution in [0, 0.1) is 6.92 Å². The van der Waals surface area contributed by atoms with Crippen LogP contribution in [0.15, 0.2) is 54.6 Å². The molecule has 5 nitrogen and oxygen atoms in total. The lowest BCUT2D eigenvalue weighted by atomic mass is 9.98. The van der Waals surface area contributed by atoms with Crippen molar-refractivity contribution in [3.63, 3.8) is 0 Å². The predicted octanol–water partition coefficient (Wildman–Crippen LogP) is 3.21. The Morgan fingerprint density at radius 1 is 1.08 bits per heavy atom. The third kappa shape index (κ3) is 2.99. The molecule has 3 aromatic rings. The Morgan fingerprint density at radius 3 is 2.42 bits per heavy atom. The van der Waals surface area contributed by atoms with Gasteiger partial charge in [-0.1, -0.05) is 42.5 Å². The Bertz CT molecular complexity index is 910. The summed E-state index contributed by atoms with van der Waals surface area (Å²) in [6, 6.07) is 18.2. The summed E-state index contributed by atoms with van der Waals surface area (Å²) in [5.74, 6) is 0.776. The Kier molecular flexibility index (Phi) is 4.47. The van der Waals surface area contributed by atoms with E-state index in [0.29, 0.717) is 6.04 Å². The highest BCUT2D eigenvalue weighted by atomic mass is 16.1. The molecule has 1 aliphatic rings. The third-order valence-electron chi connectivity index (χ3n) is 5.39. The summed E-state index contributed by atoms with van der Waals surface area (Å²) in [5.41, 5.74) is 8.95. The molecule has 1 amide bonds. The minimum absolute atomic E-state index is 0.279. The average Bonchev–Trinajstić information content (AvgIpc) is 2.99. The quantitative estimate of drug-likeness (QED) is 0.787. The van der Waals surface area contributed by atoms with Crippen LogP contribution in [0.2, 0.25) is 0 Å². The summed E-state index contributed by atoms with van der Waals surface area (Å²) in [6.45, 7) is 3.76. The molecular formula is C21H24N4O. The number of hydrogen-bond acceptors (Lipinski definition) is 3. The number of para-hydroxylation sites is 2. The van der Waals surface area contributed by atoms with E-state index in [0.717, 1.165) is 42.8 Å². The maximum atomic E-state index is 12.1. The fraction of sp³-hybridized carbons (Fsp3) is 0.333. The lowest BCUT2D eigenvalue weighted by Gasteiger charge is -2.37. The second kappa shape index (κ2) is 6.92. The molecule has 0 saturated carbocycles. The SMILES string of the molecule is Cc1nc2ccccc2n1C1CCN(C(C(N)=O)c2ccccc2)CC1. The van der Waals surface area contributed by atoms with Gasteiger partial charge in [-0.05, 0) is 37.5 Å². The number of carbonyl (C=O) groups excluding carboxylic acids is 1. The molecule has 1 saturated heterocycles. The minimum Gasteiger partial charge on any atom is -0.368 e. The van der Waals surface area contributed by atoms with E-state index in [1.54, 1.807) is 0 Å². The van der Waals surface area contributed by atoms with Crippen LogP contribution in [-0.4, -0.2) is 33.4 Å². The van der Waals surface area contributed by atoms with Crippen molar-refractivity contribution in [2.24, 2.45) is 5.73 Å². The van der Waals surface area contributed by atoms with Crippen molar-refractivity contribution in [1.29, 1.82) is 0 Å². The number of imidazole rings is 1. The van der Waals surface area contributed by atoms with Gasteiger partial charge < -0.3 is 10.3 Å². The van der Waals surface area contributed by atoms with Gasteiger partial charge in [-0.2, -0.15) is 0 Å². The molecule has 1 fully saturated rings. The third-order valence-corrected chi connectivity index (χ3v) is 5.39. The molecule has 1 unspecified atom stereocenters. The lowest BCUT2D eigenvalue weighted by Crippen LogP contribution is -2.43. The molecule has 1 aliphatic heterocycles. The van der Waals surface area contributed by atoms with Crippen molar-refractivity contribution in [3.8, 4) is 0 Å². The van der Waals surface area contributed by atoms with E-state index in [1.165, 1.54) is 5.52 Å². The minimum atomic E-state index is -0.349. The van der Waals surface area contributed by atoms with Gasteiger partial charge in [0.05, 0.1) is 11.0 Å². The number of rotatable bonds is 4. The van der Waals surface area contributed by atoms with Gasteiger partial charge in [0.25, 0.3) is 0 Å². The number of benzene rings is 2. The summed E-state index contributed by atoms with van der Waals surface area (Å²) in [6.07, 6.45) is 1.97. The van der Waals surface area contributed by atoms with Crippen molar-refractivity contribution in [2.45, 2.75) is 31.8 Å². The van der Waals surface area contributed by atoms with Crippen molar-refractivity contribution in [1.82, 2.24) is 14.5 Å². The first-order valence-electron chi connectivity index (χ1n) is 9.17. The summed E-state index contributed by atoms with van der Waals surface area (Å²) >= 11 is 0. The van der Waals surface area contributed by atoms with Crippen LogP contribution in [0.3, 0.4) is 0 Å². The number of nitrogens with zero attached hydrogens (tertiary/aromatic N) is 3. The van der Waals surface area contributed by atoms with E-state index in [1.807, 2.05) is 36.4 Å². The van der Waals surface area contributed by atoms with Crippen LogP contribution in [0.4, 0.5) is 0 Å². The monoisotopic (exact) mass is 348 g/mol. The van der Waals surface area contributed by atoms with E-state index >= 15 is 0 Å². The van der Waals surface area contributed by atoms with Crippen molar-refractivity contribution in [3.05, 3.63) is 66.0 Å². The molecule has 2 aromatic carbocycles. The van der Waals surface area contributed by atoms with Crippen LogP contribution in [0.5, 0.6) is 0 Å². The first-order chi connectivity index (χ1) is 12.6. The molecule has 1 aromatic heterocycles. The van der Waals surface area contributed by atoms with E-state index in [9.17, 15) is 4.79 Å². The highest BCUT2D eigenvalue weighted by Gasteiger charge is 2.31. The predicted molar refractivity (Wildman–Crippen MR) is 103 cm³/mol. The average molecular weight is 348 g/mol. The van der Waals surface area contributed by atoms with Crippen molar-refractivity contribution >= 4 is 16.9 Å². The summed E-state index contributed by atoms with van der Waals surface area (Å²) < 4.78 is 2.36. The zero-order valence-corrected chi connectivity index (χ0v) is 15.0. The molecule has 0 bridgehead atoms. The highest BCUT2D eigenvalue weighted by molar-refractivity contribution is 5.81. The fourth-order valence-electron chi connectivity index (χ4n) is 4.22. The first-order valence-corrected chi connectivity index (χ1v) is 9.17. The normalized spacial score (nSPS) is 17.4. The maximum Gasteiger partial charge on any atom is 0.239 e. The number of nitrogens with two attached hydrogens (primary N) is 1.